The molecule has 116 valence electrons. The summed E-state index contributed by atoms with van der Waals surface area (Å²) in [5.74, 6) is 0. The average molecular weight is 277 g/mol. The highest BCUT2D eigenvalue weighted by Crippen LogP contribution is 2.09. The predicted octanol–water partition coefficient (Wildman–Crippen LogP) is 7.37. The molecule has 0 unspecified atom stereocenters. The van der Waals surface area contributed by atoms with Gasteiger partial charge in [-0.3, -0.25) is 0 Å². The first-order chi connectivity index (χ1) is 9.91. The van der Waals surface area contributed by atoms with Crippen LogP contribution in [0, 0.1) is 0 Å². The lowest BCUT2D eigenvalue weighted by Crippen LogP contribution is -1.79. The zero-order chi connectivity index (χ0) is 14.7. The van der Waals surface area contributed by atoms with Crippen LogP contribution in [0.4, 0.5) is 0 Å². The molecule has 0 N–H and O–H groups in total. The Morgan fingerprint density at radius 3 is 1.95 bits per heavy atom. The third-order valence-electron chi connectivity index (χ3n) is 3.58. The standard InChI is InChI=1S/C20H36/c1-3-5-7-9-11-13-15-17-19-20-18-16-14-12-10-8-6-4-2/h9,13,17,19H,3-8,10,12,14-16,18,20H2,1-2H3/b19-17+. The molecule has 0 aliphatic carbocycles. The van der Waals surface area contributed by atoms with E-state index >= 15 is 0 Å². The van der Waals surface area contributed by atoms with Crippen LogP contribution in [0.15, 0.2) is 30.0 Å². The Hall–Kier alpha value is -0.740. The maximum absolute atomic E-state index is 3.25. The van der Waals surface area contributed by atoms with Crippen molar-refractivity contribution in [2.24, 2.45) is 0 Å². The van der Waals surface area contributed by atoms with Crippen molar-refractivity contribution in [3.8, 4) is 0 Å². The largest absolute Gasteiger partial charge is 0.129 e. The van der Waals surface area contributed by atoms with E-state index in [9.17, 15) is 0 Å². The van der Waals surface area contributed by atoms with Crippen molar-refractivity contribution in [2.75, 3.05) is 0 Å². The van der Waals surface area contributed by atoms with Crippen LogP contribution >= 0.6 is 0 Å². The van der Waals surface area contributed by atoms with E-state index in [2.05, 4.69) is 43.9 Å². The minimum absolute atomic E-state index is 1.04. The summed E-state index contributed by atoms with van der Waals surface area (Å²) < 4.78 is 0. The van der Waals surface area contributed by atoms with Crippen molar-refractivity contribution in [1.82, 2.24) is 0 Å². The van der Waals surface area contributed by atoms with E-state index in [1.807, 2.05) is 0 Å². The van der Waals surface area contributed by atoms with Gasteiger partial charge in [0.1, 0.15) is 0 Å². The SMILES string of the molecule is CCCCC=C=CC/C=C/CCCCCCCCCC. The van der Waals surface area contributed by atoms with Gasteiger partial charge < -0.3 is 0 Å². The van der Waals surface area contributed by atoms with Gasteiger partial charge in [0.25, 0.3) is 0 Å². The van der Waals surface area contributed by atoms with Gasteiger partial charge in [0.05, 0.1) is 0 Å². The van der Waals surface area contributed by atoms with Crippen molar-refractivity contribution >= 4 is 0 Å². The minimum atomic E-state index is 1.04. The Balaban J connectivity index is 3.21. The Bertz CT molecular complexity index is 253. The topological polar surface area (TPSA) is 0 Å². The smallest absolute Gasteiger partial charge is 0.00930 e. The fraction of sp³-hybridized carbons (Fsp3) is 0.750. The van der Waals surface area contributed by atoms with E-state index in [1.54, 1.807) is 0 Å². The van der Waals surface area contributed by atoms with Gasteiger partial charge in [0.2, 0.25) is 0 Å². The van der Waals surface area contributed by atoms with Crippen LogP contribution in [-0.4, -0.2) is 0 Å². The molecule has 0 aromatic rings. The van der Waals surface area contributed by atoms with Crippen LogP contribution in [0.2, 0.25) is 0 Å². The van der Waals surface area contributed by atoms with Gasteiger partial charge in [0, 0.05) is 0 Å². The summed E-state index contributed by atoms with van der Waals surface area (Å²) in [5, 5.41) is 0. The van der Waals surface area contributed by atoms with Crippen molar-refractivity contribution in [3.05, 3.63) is 30.0 Å². The van der Waals surface area contributed by atoms with Gasteiger partial charge in [-0.2, -0.15) is 0 Å². The quantitative estimate of drug-likeness (QED) is 0.176. The number of rotatable bonds is 14. The van der Waals surface area contributed by atoms with Gasteiger partial charge in [-0.05, 0) is 44.3 Å². The highest BCUT2D eigenvalue weighted by molar-refractivity contribution is 4.93. The first-order valence-corrected chi connectivity index (χ1v) is 8.96. The Morgan fingerprint density at radius 2 is 1.25 bits per heavy atom. The molecule has 0 heterocycles. The Kier molecular flexibility index (Phi) is 17.6. The zero-order valence-corrected chi connectivity index (χ0v) is 14.0. The first kappa shape index (κ1) is 19.3. The van der Waals surface area contributed by atoms with Gasteiger partial charge >= 0.3 is 0 Å². The zero-order valence-electron chi connectivity index (χ0n) is 14.0. The third-order valence-corrected chi connectivity index (χ3v) is 3.58. The molecule has 0 saturated heterocycles. The maximum Gasteiger partial charge on any atom is -0.00930 e. The maximum atomic E-state index is 3.25. The molecule has 0 spiro atoms. The summed E-state index contributed by atoms with van der Waals surface area (Å²) in [6.45, 7) is 4.51. The molecule has 0 aromatic carbocycles. The molecule has 0 nitrogen and oxygen atoms in total. The van der Waals surface area contributed by atoms with Crippen LogP contribution in [0.3, 0.4) is 0 Å². The number of hydrogen-bond acceptors (Lipinski definition) is 0. The van der Waals surface area contributed by atoms with Crippen LogP contribution in [0.25, 0.3) is 0 Å². The highest BCUT2D eigenvalue weighted by Gasteiger charge is 1.90. The normalized spacial score (nSPS) is 10.7. The van der Waals surface area contributed by atoms with E-state index in [0.717, 1.165) is 6.42 Å². The second kappa shape index (κ2) is 18.3. The molecule has 0 bridgehead atoms. The van der Waals surface area contributed by atoms with E-state index in [1.165, 1.54) is 77.0 Å². The molecule has 0 rings (SSSR count). The monoisotopic (exact) mass is 276 g/mol. The molecule has 0 heteroatoms. The average Bonchev–Trinajstić information content (AvgIpc) is 2.47. The summed E-state index contributed by atoms with van der Waals surface area (Å²) in [6.07, 6.45) is 26.2. The lowest BCUT2D eigenvalue weighted by Gasteiger charge is -1.99. The summed E-state index contributed by atoms with van der Waals surface area (Å²) in [7, 11) is 0. The third kappa shape index (κ3) is 17.3. The molecule has 0 radical (unpaired) electrons. The summed E-state index contributed by atoms with van der Waals surface area (Å²) >= 11 is 0. The van der Waals surface area contributed by atoms with Gasteiger partial charge in [0.15, 0.2) is 0 Å². The summed E-state index contributed by atoms with van der Waals surface area (Å²) in [5.41, 5.74) is 3.25. The molecule has 0 saturated carbocycles. The van der Waals surface area contributed by atoms with Crippen LogP contribution in [0.1, 0.15) is 97.3 Å². The van der Waals surface area contributed by atoms with Gasteiger partial charge in [-0.1, -0.05) is 77.4 Å². The molecule has 0 aliphatic heterocycles. The van der Waals surface area contributed by atoms with Crippen molar-refractivity contribution in [3.63, 3.8) is 0 Å². The summed E-state index contributed by atoms with van der Waals surface area (Å²) in [4.78, 5) is 0. The predicted molar refractivity (Wildman–Crippen MR) is 93.2 cm³/mol. The van der Waals surface area contributed by atoms with Crippen molar-refractivity contribution in [2.45, 2.75) is 97.3 Å². The van der Waals surface area contributed by atoms with Gasteiger partial charge in [-0.15, -0.1) is 5.73 Å². The number of unbranched alkanes of at least 4 members (excludes halogenated alkanes) is 10. The lowest BCUT2D eigenvalue weighted by atomic mass is 10.1. The Labute approximate surface area is 128 Å². The van der Waals surface area contributed by atoms with Crippen molar-refractivity contribution < 1.29 is 0 Å². The minimum Gasteiger partial charge on any atom is -0.129 e. The molecule has 0 aromatic heterocycles. The molecule has 0 aliphatic rings. The molecule has 0 fully saturated rings. The molecular formula is C20H36. The Morgan fingerprint density at radius 1 is 0.600 bits per heavy atom. The van der Waals surface area contributed by atoms with E-state index < -0.39 is 0 Å². The first-order valence-electron chi connectivity index (χ1n) is 8.96. The van der Waals surface area contributed by atoms with Crippen LogP contribution in [0.5, 0.6) is 0 Å². The fourth-order valence-corrected chi connectivity index (χ4v) is 2.22. The highest BCUT2D eigenvalue weighted by atomic mass is 14.0. The molecule has 0 amide bonds. The second-order valence-corrected chi connectivity index (χ2v) is 5.69. The molecule has 0 atom stereocenters. The second-order valence-electron chi connectivity index (χ2n) is 5.69. The molecular weight excluding hydrogens is 240 g/mol. The lowest BCUT2D eigenvalue weighted by molar-refractivity contribution is 0.577. The van der Waals surface area contributed by atoms with E-state index in [-0.39, 0.29) is 0 Å². The van der Waals surface area contributed by atoms with Crippen molar-refractivity contribution in [1.29, 1.82) is 0 Å². The van der Waals surface area contributed by atoms with E-state index in [4.69, 9.17) is 0 Å². The van der Waals surface area contributed by atoms with Gasteiger partial charge in [-0.25, -0.2) is 0 Å². The van der Waals surface area contributed by atoms with E-state index in [0.29, 0.717) is 0 Å². The summed E-state index contributed by atoms with van der Waals surface area (Å²) in [6, 6.07) is 0. The number of allylic oxidation sites excluding steroid dienone is 3. The molecule has 20 heavy (non-hydrogen) atoms. The number of hydrogen-bond donors (Lipinski definition) is 0. The fourth-order valence-electron chi connectivity index (χ4n) is 2.22. The van der Waals surface area contributed by atoms with Crippen LogP contribution < -0.4 is 0 Å². The van der Waals surface area contributed by atoms with Crippen LogP contribution in [-0.2, 0) is 0 Å².